The molecule has 0 bridgehead atoms. The van der Waals surface area contributed by atoms with Crippen molar-refractivity contribution in [3.05, 3.63) is 96.8 Å². The summed E-state index contributed by atoms with van der Waals surface area (Å²) >= 11 is 1.12. The number of hydrogen-bond acceptors (Lipinski definition) is 6. The van der Waals surface area contributed by atoms with E-state index in [1.807, 2.05) is 42.5 Å². The SMILES string of the molecule is Cn1c2c(c(=O)n(C)c1=O)C(c1ccc3nsnc3c1)C1=C(C2)c2ccccc2C1=O. The van der Waals surface area contributed by atoms with Gasteiger partial charge in [-0.05, 0) is 28.8 Å². The summed E-state index contributed by atoms with van der Waals surface area (Å²) in [6.07, 6.45) is 0.367. The van der Waals surface area contributed by atoms with Crippen LogP contribution in [0.4, 0.5) is 0 Å². The Morgan fingerprint density at radius 1 is 0.935 bits per heavy atom. The second-order valence-corrected chi connectivity index (χ2v) is 8.48. The highest BCUT2D eigenvalue weighted by Gasteiger charge is 2.42. The lowest BCUT2D eigenvalue weighted by atomic mass is 9.76. The van der Waals surface area contributed by atoms with Crippen molar-refractivity contribution >= 4 is 34.1 Å². The van der Waals surface area contributed by atoms with Gasteiger partial charge in [0.25, 0.3) is 5.56 Å². The molecule has 0 aliphatic heterocycles. The molecule has 0 saturated carbocycles. The van der Waals surface area contributed by atoms with E-state index in [9.17, 15) is 14.4 Å². The van der Waals surface area contributed by atoms with Gasteiger partial charge in [0.05, 0.1) is 11.7 Å². The fourth-order valence-electron chi connectivity index (χ4n) is 4.91. The molecule has 0 spiro atoms. The molecule has 0 saturated heterocycles. The number of fused-ring (bicyclic) bond motifs is 4. The minimum Gasteiger partial charge on any atom is -0.300 e. The van der Waals surface area contributed by atoms with Crippen molar-refractivity contribution in [3.63, 3.8) is 0 Å². The van der Waals surface area contributed by atoms with Gasteiger partial charge in [0.15, 0.2) is 5.78 Å². The van der Waals surface area contributed by atoms with E-state index in [0.717, 1.165) is 44.0 Å². The van der Waals surface area contributed by atoms with E-state index in [1.54, 1.807) is 7.05 Å². The molecule has 152 valence electrons. The van der Waals surface area contributed by atoms with Crippen molar-refractivity contribution in [1.29, 1.82) is 0 Å². The molecule has 0 radical (unpaired) electrons. The summed E-state index contributed by atoms with van der Waals surface area (Å²) in [4.78, 5) is 39.5. The largest absolute Gasteiger partial charge is 0.330 e. The predicted octanol–water partition coefficient (Wildman–Crippen LogP) is 2.43. The summed E-state index contributed by atoms with van der Waals surface area (Å²) in [5, 5.41) is 0. The maximum Gasteiger partial charge on any atom is 0.330 e. The first-order valence-electron chi connectivity index (χ1n) is 9.85. The van der Waals surface area contributed by atoms with Gasteiger partial charge in [0, 0.05) is 48.8 Å². The van der Waals surface area contributed by atoms with Gasteiger partial charge in [-0.25, -0.2) is 4.79 Å². The molecule has 0 N–H and O–H groups in total. The van der Waals surface area contributed by atoms with Gasteiger partial charge in [0.1, 0.15) is 11.0 Å². The zero-order valence-electron chi connectivity index (χ0n) is 16.7. The van der Waals surface area contributed by atoms with E-state index in [2.05, 4.69) is 8.75 Å². The maximum atomic E-state index is 13.5. The Morgan fingerprint density at radius 3 is 2.48 bits per heavy atom. The van der Waals surface area contributed by atoms with Crippen molar-refractivity contribution in [1.82, 2.24) is 17.9 Å². The third-order valence-corrected chi connectivity index (χ3v) is 6.98. The van der Waals surface area contributed by atoms with Gasteiger partial charge < -0.3 is 0 Å². The number of rotatable bonds is 1. The van der Waals surface area contributed by atoms with Crippen molar-refractivity contribution in [2.24, 2.45) is 14.1 Å². The van der Waals surface area contributed by atoms with E-state index >= 15 is 0 Å². The second kappa shape index (κ2) is 6.18. The van der Waals surface area contributed by atoms with Gasteiger partial charge in [-0.3, -0.25) is 18.7 Å². The monoisotopic (exact) mass is 428 g/mol. The summed E-state index contributed by atoms with van der Waals surface area (Å²) < 4.78 is 11.2. The van der Waals surface area contributed by atoms with Gasteiger partial charge in [-0.2, -0.15) is 8.75 Å². The summed E-state index contributed by atoms with van der Waals surface area (Å²) in [5.74, 6) is -0.635. The number of aromatic nitrogens is 4. The lowest BCUT2D eigenvalue weighted by Crippen LogP contribution is -2.43. The number of Topliss-reactive ketones (excluding diaryl/α,β-unsaturated/α-hetero) is 1. The van der Waals surface area contributed by atoms with Crippen LogP contribution in [-0.2, 0) is 20.5 Å². The molecule has 2 aliphatic rings. The van der Waals surface area contributed by atoms with Crippen LogP contribution in [0, 0.1) is 0 Å². The number of hydrogen-bond donors (Lipinski definition) is 0. The molecule has 4 aromatic rings. The Bertz CT molecular complexity index is 1610. The third-order valence-electron chi connectivity index (χ3n) is 6.42. The number of benzene rings is 2. The molecular weight excluding hydrogens is 412 g/mol. The molecule has 31 heavy (non-hydrogen) atoms. The van der Waals surface area contributed by atoms with E-state index in [-0.39, 0.29) is 17.0 Å². The predicted molar refractivity (Wildman–Crippen MR) is 118 cm³/mol. The summed E-state index contributed by atoms with van der Waals surface area (Å²) in [6.45, 7) is 0. The minimum atomic E-state index is -0.574. The topological polar surface area (TPSA) is 86.8 Å². The van der Waals surface area contributed by atoms with Crippen LogP contribution in [0.1, 0.15) is 38.7 Å². The van der Waals surface area contributed by atoms with Gasteiger partial charge in [-0.1, -0.05) is 30.3 Å². The van der Waals surface area contributed by atoms with Gasteiger partial charge in [-0.15, -0.1) is 0 Å². The Kier molecular flexibility index (Phi) is 3.62. The van der Waals surface area contributed by atoms with E-state index in [4.69, 9.17) is 0 Å². The molecule has 2 aromatic heterocycles. The van der Waals surface area contributed by atoms with Crippen LogP contribution in [-0.4, -0.2) is 23.7 Å². The Morgan fingerprint density at radius 2 is 1.68 bits per heavy atom. The summed E-state index contributed by atoms with van der Waals surface area (Å²) in [5.41, 5.74) is 5.71. The Hall–Kier alpha value is -3.65. The molecule has 1 unspecified atom stereocenters. The molecule has 1 atom stereocenters. The average Bonchev–Trinajstić information content (AvgIpc) is 3.37. The smallest absolute Gasteiger partial charge is 0.300 e. The van der Waals surface area contributed by atoms with Crippen LogP contribution < -0.4 is 11.2 Å². The highest BCUT2D eigenvalue weighted by atomic mass is 32.1. The van der Waals surface area contributed by atoms with E-state index in [0.29, 0.717) is 28.8 Å². The van der Waals surface area contributed by atoms with Crippen LogP contribution in [0.25, 0.3) is 16.6 Å². The second-order valence-electron chi connectivity index (χ2n) is 7.96. The first kappa shape index (κ1) is 18.1. The molecule has 0 fully saturated rings. The molecule has 7 nitrogen and oxygen atoms in total. The van der Waals surface area contributed by atoms with Crippen LogP contribution in [0.2, 0.25) is 0 Å². The van der Waals surface area contributed by atoms with Crippen molar-refractivity contribution in [2.45, 2.75) is 12.3 Å². The number of nitrogens with zero attached hydrogens (tertiary/aromatic N) is 4. The standard InChI is InChI=1S/C23H16N4O3S/c1-26-17-10-14-12-5-3-4-6-13(12)21(28)19(14)18(20(17)22(29)27(2)23(26)30)11-7-8-15-16(9-11)25-31-24-15/h3-9,18H,10H2,1-2H3. The lowest BCUT2D eigenvalue weighted by molar-refractivity contribution is 0.103. The van der Waals surface area contributed by atoms with Gasteiger partial charge >= 0.3 is 5.69 Å². The third kappa shape index (κ3) is 2.30. The summed E-state index contributed by atoms with van der Waals surface area (Å²) in [7, 11) is 3.16. The number of allylic oxidation sites excluding steroid dienone is 2. The molecule has 8 heteroatoms. The number of ketones is 1. The zero-order chi connectivity index (χ0) is 21.4. The minimum absolute atomic E-state index is 0.0614. The fourth-order valence-corrected chi connectivity index (χ4v) is 5.42. The molecular formula is C23H16N4O3S. The average molecular weight is 428 g/mol. The van der Waals surface area contributed by atoms with Crippen LogP contribution >= 0.6 is 11.7 Å². The molecule has 2 aromatic carbocycles. The highest BCUT2D eigenvalue weighted by Crippen LogP contribution is 2.48. The Balaban J connectivity index is 1.73. The highest BCUT2D eigenvalue weighted by molar-refractivity contribution is 7.00. The first-order chi connectivity index (χ1) is 15.0. The van der Waals surface area contributed by atoms with Crippen LogP contribution in [0.3, 0.4) is 0 Å². The number of carbonyl (C=O) groups excluding carboxylic acids is 1. The molecule has 6 rings (SSSR count). The molecule has 2 heterocycles. The fraction of sp³-hybridized carbons (Fsp3) is 0.174. The van der Waals surface area contributed by atoms with E-state index in [1.165, 1.54) is 11.6 Å². The normalized spacial score (nSPS) is 17.1. The maximum absolute atomic E-state index is 13.5. The number of carbonyl (C=O) groups is 1. The Labute approximate surface area is 180 Å². The van der Waals surface area contributed by atoms with E-state index < -0.39 is 5.92 Å². The van der Waals surface area contributed by atoms with Gasteiger partial charge in [0.2, 0.25) is 0 Å². The zero-order valence-corrected chi connectivity index (χ0v) is 17.6. The van der Waals surface area contributed by atoms with Crippen LogP contribution in [0.15, 0.2) is 57.6 Å². The molecule has 0 amide bonds. The lowest BCUT2D eigenvalue weighted by Gasteiger charge is -2.29. The molecule has 2 aliphatic carbocycles. The first-order valence-corrected chi connectivity index (χ1v) is 10.6. The quantitative estimate of drug-likeness (QED) is 0.465. The van der Waals surface area contributed by atoms with Crippen molar-refractivity contribution in [3.8, 4) is 0 Å². The van der Waals surface area contributed by atoms with Crippen molar-refractivity contribution in [2.75, 3.05) is 0 Å². The van der Waals surface area contributed by atoms with Crippen LogP contribution in [0.5, 0.6) is 0 Å². The summed E-state index contributed by atoms with van der Waals surface area (Å²) in [6, 6.07) is 13.2. The van der Waals surface area contributed by atoms with Crippen molar-refractivity contribution < 1.29 is 4.79 Å².